The summed E-state index contributed by atoms with van der Waals surface area (Å²) in [4.78, 5) is 12.5. The lowest BCUT2D eigenvalue weighted by molar-refractivity contribution is 0.367. The van der Waals surface area contributed by atoms with Gasteiger partial charge in [0.1, 0.15) is 0 Å². The Hall–Kier alpha value is -1.61. The summed E-state index contributed by atoms with van der Waals surface area (Å²) >= 11 is 0. The second-order valence-corrected chi connectivity index (χ2v) is 6.73. The molecule has 1 atom stereocenters. The highest BCUT2D eigenvalue weighted by atomic mass is 16.1. The average Bonchev–Trinajstić information content (AvgIpc) is 2.48. The van der Waals surface area contributed by atoms with Crippen molar-refractivity contribution in [2.24, 2.45) is 0 Å². The van der Waals surface area contributed by atoms with E-state index < -0.39 is 0 Å². The van der Waals surface area contributed by atoms with Crippen LogP contribution in [0.15, 0.2) is 23.0 Å². The molecule has 2 heterocycles. The maximum Gasteiger partial charge on any atom is 0.251 e. The predicted octanol–water partition coefficient (Wildman–Crippen LogP) is 3.46. The first-order valence-electron chi connectivity index (χ1n) is 8.41. The summed E-state index contributed by atoms with van der Waals surface area (Å²) in [5, 5.41) is 4.79. The van der Waals surface area contributed by atoms with Gasteiger partial charge in [0.25, 0.3) is 5.56 Å². The molecule has 0 bridgehead atoms. The van der Waals surface area contributed by atoms with Crippen molar-refractivity contribution in [1.29, 1.82) is 0 Å². The summed E-state index contributed by atoms with van der Waals surface area (Å²) in [5.41, 5.74) is 4.79. The molecule has 0 aliphatic carbocycles. The quantitative estimate of drug-likeness (QED) is 0.941. The Bertz CT molecular complexity index is 739. The molecule has 2 aromatic rings. The van der Waals surface area contributed by atoms with E-state index in [0.29, 0.717) is 6.04 Å². The lowest BCUT2D eigenvalue weighted by Crippen LogP contribution is -2.35. The Morgan fingerprint density at radius 1 is 1.14 bits per heavy atom. The SMILES string of the molecule is Cc1cc(C)c2c(c1)c(C)cc(=O)n2CCC1CCCCN1. The zero-order chi connectivity index (χ0) is 15.7. The second-order valence-electron chi connectivity index (χ2n) is 6.73. The molecule has 1 aromatic carbocycles. The van der Waals surface area contributed by atoms with Crippen molar-refractivity contribution in [3.63, 3.8) is 0 Å². The second kappa shape index (κ2) is 6.25. The minimum Gasteiger partial charge on any atom is -0.314 e. The van der Waals surface area contributed by atoms with E-state index in [1.807, 2.05) is 11.5 Å². The molecule has 1 aliphatic heterocycles. The topological polar surface area (TPSA) is 34.0 Å². The van der Waals surface area contributed by atoms with Crippen molar-refractivity contribution < 1.29 is 0 Å². The van der Waals surface area contributed by atoms with Gasteiger partial charge in [0.05, 0.1) is 5.52 Å². The summed E-state index contributed by atoms with van der Waals surface area (Å²) in [7, 11) is 0. The Labute approximate surface area is 132 Å². The van der Waals surface area contributed by atoms with Crippen LogP contribution in [0.5, 0.6) is 0 Å². The molecule has 0 saturated carbocycles. The fourth-order valence-electron chi connectivity index (χ4n) is 3.75. The first-order valence-corrected chi connectivity index (χ1v) is 8.41. The average molecular weight is 298 g/mol. The van der Waals surface area contributed by atoms with E-state index in [9.17, 15) is 4.79 Å². The summed E-state index contributed by atoms with van der Waals surface area (Å²) in [5.74, 6) is 0. The number of hydrogen-bond acceptors (Lipinski definition) is 2. The van der Waals surface area contributed by atoms with Gasteiger partial charge in [-0.1, -0.05) is 18.1 Å². The van der Waals surface area contributed by atoms with E-state index in [-0.39, 0.29) is 5.56 Å². The zero-order valence-corrected chi connectivity index (χ0v) is 13.9. The molecule has 0 spiro atoms. The van der Waals surface area contributed by atoms with Crippen molar-refractivity contribution >= 4 is 10.9 Å². The highest BCUT2D eigenvalue weighted by Gasteiger charge is 2.14. The lowest BCUT2D eigenvalue weighted by Gasteiger charge is -2.24. The van der Waals surface area contributed by atoms with Gasteiger partial charge in [-0.3, -0.25) is 4.79 Å². The molecule has 3 rings (SSSR count). The van der Waals surface area contributed by atoms with Crippen molar-refractivity contribution in [3.8, 4) is 0 Å². The summed E-state index contributed by atoms with van der Waals surface area (Å²) in [6.45, 7) is 8.19. The van der Waals surface area contributed by atoms with Gasteiger partial charge in [0.2, 0.25) is 0 Å². The molecular formula is C19H26N2O. The number of aryl methyl sites for hydroxylation is 4. The Morgan fingerprint density at radius 3 is 2.68 bits per heavy atom. The Kier molecular flexibility index (Phi) is 4.34. The standard InChI is InChI=1S/C19H26N2O/c1-13-10-15(3)19-17(11-13)14(2)12-18(22)21(19)9-7-16-6-4-5-8-20-16/h10-12,16,20H,4-9H2,1-3H3. The highest BCUT2D eigenvalue weighted by Crippen LogP contribution is 2.23. The zero-order valence-electron chi connectivity index (χ0n) is 13.9. The molecule has 3 heteroatoms. The van der Waals surface area contributed by atoms with Crippen molar-refractivity contribution in [2.75, 3.05) is 6.54 Å². The number of fused-ring (bicyclic) bond motifs is 1. The van der Waals surface area contributed by atoms with E-state index in [0.717, 1.165) is 30.6 Å². The van der Waals surface area contributed by atoms with Crippen LogP contribution in [0.4, 0.5) is 0 Å². The molecule has 1 unspecified atom stereocenters. The molecule has 0 amide bonds. The monoisotopic (exact) mass is 298 g/mol. The van der Waals surface area contributed by atoms with Crippen molar-refractivity contribution in [1.82, 2.24) is 9.88 Å². The molecule has 22 heavy (non-hydrogen) atoms. The number of benzene rings is 1. The molecule has 1 saturated heterocycles. The van der Waals surface area contributed by atoms with E-state index in [1.54, 1.807) is 6.07 Å². The van der Waals surface area contributed by atoms with E-state index in [1.165, 1.54) is 35.8 Å². The van der Waals surface area contributed by atoms with Crippen LogP contribution in [0.2, 0.25) is 0 Å². The molecule has 1 fully saturated rings. The molecule has 0 radical (unpaired) electrons. The van der Waals surface area contributed by atoms with Crippen LogP contribution in [-0.4, -0.2) is 17.2 Å². The van der Waals surface area contributed by atoms with E-state index in [2.05, 4.69) is 31.3 Å². The van der Waals surface area contributed by atoms with Gasteiger partial charge >= 0.3 is 0 Å². The minimum absolute atomic E-state index is 0.132. The van der Waals surface area contributed by atoms with Crippen LogP contribution in [-0.2, 0) is 6.54 Å². The summed E-state index contributed by atoms with van der Waals surface area (Å²) in [6.07, 6.45) is 4.85. The molecule has 3 nitrogen and oxygen atoms in total. The van der Waals surface area contributed by atoms with E-state index >= 15 is 0 Å². The lowest BCUT2D eigenvalue weighted by atomic mass is 10.0. The van der Waals surface area contributed by atoms with E-state index in [4.69, 9.17) is 0 Å². The van der Waals surface area contributed by atoms with Crippen LogP contribution in [0.25, 0.3) is 10.9 Å². The summed E-state index contributed by atoms with van der Waals surface area (Å²) < 4.78 is 1.98. The van der Waals surface area contributed by atoms with Gasteiger partial charge in [-0.15, -0.1) is 0 Å². The number of aromatic nitrogens is 1. The van der Waals surface area contributed by atoms with Crippen LogP contribution < -0.4 is 10.9 Å². The Morgan fingerprint density at radius 2 is 1.95 bits per heavy atom. The smallest absolute Gasteiger partial charge is 0.251 e. The molecular weight excluding hydrogens is 272 g/mol. The molecule has 1 N–H and O–H groups in total. The third kappa shape index (κ3) is 2.95. The number of nitrogens with one attached hydrogen (secondary N) is 1. The maximum absolute atomic E-state index is 12.5. The van der Waals surface area contributed by atoms with Gasteiger partial charge in [-0.25, -0.2) is 0 Å². The normalized spacial score (nSPS) is 18.8. The first-order chi connectivity index (χ1) is 10.6. The van der Waals surface area contributed by atoms with Crippen molar-refractivity contribution in [2.45, 2.75) is 59.0 Å². The maximum atomic E-state index is 12.5. The number of nitrogens with zero attached hydrogens (tertiary/aromatic N) is 1. The first kappa shape index (κ1) is 15.3. The molecule has 1 aliphatic rings. The van der Waals surface area contributed by atoms with Crippen LogP contribution in [0.3, 0.4) is 0 Å². The number of hydrogen-bond donors (Lipinski definition) is 1. The third-order valence-corrected chi connectivity index (χ3v) is 4.86. The van der Waals surface area contributed by atoms with Crippen LogP contribution >= 0.6 is 0 Å². The summed E-state index contributed by atoms with van der Waals surface area (Å²) in [6, 6.07) is 6.72. The molecule has 1 aromatic heterocycles. The van der Waals surface area contributed by atoms with Crippen LogP contribution in [0, 0.1) is 20.8 Å². The fraction of sp³-hybridized carbons (Fsp3) is 0.526. The van der Waals surface area contributed by atoms with Gasteiger partial charge < -0.3 is 9.88 Å². The third-order valence-electron chi connectivity index (χ3n) is 4.86. The van der Waals surface area contributed by atoms with Gasteiger partial charge in [0, 0.05) is 24.0 Å². The number of rotatable bonds is 3. The highest BCUT2D eigenvalue weighted by molar-refractivity contribution is 5.86. The fourth-order valence-corrected chi connectivity index (χ4v) is 3.75. The van der Waals surface area contributed by atoms with Gasteiger partial charge in [-0.2, -0.15) is 0 Å². The number of piperidine rings is 1. The van der Waals surface area contributed by atoms with Gasteiger partial charge in [0.15, 0.2) is 0 Å². The minimum atomic E-state index is 0.132. The largest absolute Gasteiger partial charge is 0.314 e. The predicted molar refractivity (Wildman–Crippen MR) is 92.7 cm³/mol. The van der Waals surface area contributed by atoms with Gasteiger partial charge in [-0.05, 0) is 63.8 Å². The Balaban J connectivity index is 1.99. The van der Waals surface area contributed by atoms with Crippen molar-refractivity contribution in [3.05, 3.63) is 45.2 Å². The molecule has 118 valence electrons. The van der Waals surface area contributed by atoms with Crippen LogP contribution in [0.1, 0.15) is 42.4 Å². The number of pyridine rings is 1.